The number of carbonyl (C=O) groups is 2. The number of methoxy groups -OCH3 is 1. The molecule has 3 rings (SSSR count). The van der Waals surface area contributed by atoms with E-state index in [-0.39, 0.29) is 17.9 Å². The summed E-state index contributed by atoms with van der Waals surface area (Å²) in [7, 11) is 1.40. The van der Waals surface area contributed by atoms with Crippen molar-refractivity contribution >= 4 is 17.8 Å². The number of aromatic nitrogens is 2. The molecule has 0 radical (unpaired) electrons. The zero-order valence-corrected chi connectivity index (χ0v) is 16.5. The monoisotopic (exact) mass is 398 g/mol. The Morgan fingerprint density at radius 2 is 1.90 bits per heavy atom. The molecule has 1 aromatic heterocycles. The Hall–Kier alpha value is -3.16. The van der Waals surface area contributed by atoms with E-state index in [1.165, 1.54) is 19.5 Å². The van der Waals surface area contributed by atoms with Crippen LogP contribution in [0.3, 0.4) is 0 Å². The average Bonchev–Trinajstić information content (AvgIpc) is 3.16. The van der Waals surface area contributed by atoms with E-state index >= 15 is 0 Å². The molecule has 8 heteroatoms. The van der Waals surface area contributed by atoms with Crippen molar-refractivity contribution in [3.63, 3.8) is 0 Å². The smallest absolute Gasteiger partial charge is 0.305 e. The van der Waals surface area contributed by atoms with E-state index in [1.807, 2.05) is 24.3 Å². The maximum atomic E-state index is 12.2. The van der Waals surface area contributed by atoms with Gasteiger partial charge in [-0.05, 0) is 18.9 Å². The van der Waals surface area contributed by atoms with Crippen LogP contribution in [0, 0.1) is 0 Å². The van der Waals surface area contributed by atoms with E-state index < -0.39 is 0 Å². The first-order valence-corrected chi connectivity index (χ1v) is 9.82. The normalized spacial score (nSPS) is 14.6. The van der Waals surface area contributed by atoms with Crippen molar-refractivity contribution in [2.24, 2.45) is 0 Å². The fraction of sp³-hybridized carbons (Fsp3) is 0.429. The van der Waals surface area contributed by atoms with Crippen LogP contribution in [0.5, 0.6) is 5.75 Å². The second-order valence-corrected chi connectivity index (χ2v) is 6.84. The van der Waals surface area contributed by atoms with Crippen molar-refractivity contribution in [3.05, 3.63) is 47.8 Å². The predicted octanol–water partition coefficient (Wildman–Crippen LogP) is 2.88. The van der Waals surface area contributed by atoms with Gasteiger partial charge in [0.1, 0.15) is 12.4 Å². The Kier molecular flexibility index (Phi) is 7.38. The Labute approximate surface area is 170 Å². The number of rotatable bonds is 10. The van der Waals surface area contributed by atoms with Gasteiger partial charge < -0.3 is 20.1 Å². The molecule has 1 unspecified atom stereocenters. The Morgan fingerprint density at radius 1 is 1.14 bits per heavy atom. The Balaban J connectivity index is 1.38. The van der Waals surface area contributed by atoms with Gasteiger partial charge in [-0.15, -0.1) is 0 Å². The molecule has 2 aromatic rings. The number of esters is 1. The van der Waals surface area contributed by atoms with Crippen LogP contribution in [0.25, 0.3) is 0 Å². The zero-order chi connectivity index (χ0) is 20.5. The molecule has 154 valence electrons. The molecule has 2 N–H and O–H groups in total. The van der Waals surface area contributed by atoms with Crippen LogP contribution in [0.2, 0.25) is 0 Å². The summed E-state index contributed by atoms with van der Waals surface area (Å²) in [5.41, 5.74) is 1.49. The lowest BCUT2D eigenvalue weighted by atomic mass is 10.1. The van der Waals surface area contributed by atoms with E-state index in [2.05, 4.69) is 25.3 Å². The fourth-order valence-electron chi connectivity index (χ4n) is 3.11. The molecule has 0 saturated carbocycles. The minimum atomic E-state index is -0.194. The second-order valence-electron chi connectivity index (χ2n) is 6.84. The number of benzene rings is 1. The summed E-state index contributed by atoms with van der Waals surface area (Å²) in [6, 6.07) is 7.84. The van der Waals surface area contributed by atoms with Crippen molar-refractivity contribution in [1.82, 2.24) is 15.3 Å². The third-order valence-corrected chi connectivity index (χ3v) is 4.74. The van der Waals surface area contributed by atoms with Crippen molar-refractivity contribution in [2.45, 2.75) is 38.1 Å². The molecule has 0 spiro atoms. The van der Waals surface area contributed by atoms with Gasteiger partial charge in [-0.25, -0.2) is 9.97 Å². The van der Waals surface area contributed by atoms with E-state index in [9.17, 15) is 9.59 Å². The topological polar surface area (TPSA) is 102 Å². The number of hydrogen-bond donors (Lipinski definition) is 2. The summed E-state index contributed by atoms with van der Waals surface area (Å²) in [4.78, 5) is 31.7. The second kappa shape index (κ2) is 10.4. The molecule has 1 aliphatic rings. The number of unbranched alkanes of at least 4 members (excludes halogenated alkanes) is 3. The van der Waals surface area contributed by atoms with Gasteiger partial charge in [-0.2, -0.15) is 0 Å². The number of hydrogen-bond acceptors (Lipinski definition) is 7. The number of nitrogens with zero attached hydrogens (tertiary/aromatic N) is 2. The highest BCUT2D eigenvalue weighted by Gasteiger charge is 2.24. The maximum absolute atomic E-state index is 12.2. The number of anilines is 1. The number of nitrogens with one attached hydrogen (secondary N) is 2. The van der Waals surface area contributed by atoms with E-state index in [0.29, 0.717) is 31.1 Å². The lowest BCUT2D eigenvalue weighted by Crippen LogP contribution is -2.25. The first kappa shape index (κ1) is 20.6. The predicted molar refractivity (Wildman–Crippen MR) is 108 cm³/mol. The highest BCUT2D eigenvalue weighted by Crippen LogP contribution is 2.33. The van der Waals surface area contributed by atoms with Crippen LogP contribution in [-0.4, -0.2) is 42.1 Å². The number of ether oxygens (including phenoxy) is 2. The third kappa shape index (κ3) is 5.91. The summed E-state index contributed by atoms with van der Waals surface area (Å²) in [5, 5.41) is 6.10. The summed E-state index contributed by atoms with van der Waals surface area (Å²) in [6.45, 7) is 1.10. The number of para-hydroxylation sites is 1. The first-order valence-electron chi connectivity index (χ1n) is 9.82. The lowest BCUT2D eigenvalue weighted by molar-refractivity contribution is -0.140. The van der Waals surface area contributed by atoms with Gasteiger partial charge in [-0.3, -0.25) is 9.59 Å². The molecule has 0 fully saturated rings. The molecule has 1 aliphatic heterocycles. The van der Waals surface area contributed by atoms with Gasteiger partial charge in [0.15, 0.2) is 0 Å². The minimum absolute atomic E-state index is 0.00920. The first-order chi connectivity index (χ1) is 14.2. The Morgan fingerprint density at radius 3 is 2.69 bits per heavy atom. The number of amides is 1. The van der Waals surface area contributed by atoms with Crippen LogP contribution < -0.4 is 15.4 Å². The van der Waals surface area contributed by atoms with Crippen LogP contribution in [0.4, 0.5) is 5.95 Å². The molecule has 1 aromatic carbocycles. The van der Waals surface area contributed by atoms with Crippen molar-refractivity contribution in [3.8, 4) is 5.75 Å². The van der Waals surface area contributed by atoms with Gasteiger partial charge in [0.25, 0.3) is 5.91 Å². The largest absolute Gasteiger partial charge is 0.491 e. The number of carbonyl (C=O) groups excluding carboxylic acids is 2. The summed E-state index contributed by atoms with van der Waals surface area (Å²) >= 11 is 0. The zero-order valence-electron chi connectivity index (χ0n) is 16.5. The molecule has 8 nitrogen and oxygen atoms in total. The molecule has 29 heavy (non-hydrogen) atoms. The minimum Gasteiger partial charge on any atom is -0.491 e. The van der Waals surface area contributed by atoms with E-state index in [0.717, 1.165) is 37.0 Å². The quantitative estimate of drug-likeness (QED) is 0.469. The molecular weight excluding hydrogens is 372 g/mol. The Bertz CT molecular complexity index is 826. The standard InChI is InChI=1S/C21H26N4O4/c1-28-19(26)10-4-2-3-7-11-22-20(27)15-12-23-21(24-13-15)25-17-14-29-18-9-6-5-8-16(17)18/h5-6,8-9,12-13,17H,2-4,7,10-11,14H2,1H3,(H,22,27)(H,23,24,25). The highest BCUT2D eigenvalue weighted by molar-refractivity contribution is 5.93. The van der Waals surface area contributed by atoms with Crippen LogP contribution in [-0.2, 0) is 9.53 Å². The molecular formula is C21H26N4O4. The van der Waals surface area contributed by atoms with E-state index in [1.54, 1.807) is 0 Å². The third-order valence-electron chi connectivity index (χ3n) is 4.74. The maximum Gasteiger partial charge on any atom is 0.305 e. The SMILES string of the molecule is COC(=O)CCCCCCNC(=O)c1cnc(NC2COc3ccccc32)nc1. The lowest BCUT2D eigenvalue weighted by Gasteiger charge is -2.11. The molecule has 0 saturated heterocycles. The van der Waals surface area contributed by atoms with Crippen LogP contribution in [0.1, 0.15) is 54.1 Å². The van der Waals surface area contributed by atoms with E-state index in [4.69, 9.17) is 4.74 Å². The van der Waals surface area contributed by atoms with Gasteiger partial charge in [0.05, 0.1) is 18.7 Å². The molecule has 0 aliphatic carbocycles. The molecule has 2 heterocycles. The van der Waals surface area contributed by atoms with Crippen molar-refractivity contribution < 1.29 is 19.1 Å². The summed E-state index contributed by atoms with van der Waals surface area (Å²) in [5.74, 6) is 0.949. The molecule has 0 bridgehead atoms. The summed E-state index contributed by atoms with van der Waals surface area (Å²) < 4.78 is 10.2. The highest BCUT2D eigenvalue weighted by atomic mass is 16.5. The van der Waals surface area contributed by atoms with Crippen LogP contribution in [0.15, 0.2) is 36.7 Å². The average molecular weight is 398 g/mol. The van der Waals surface area contributed by atoms with Crippen molar-refractivity contribution in [2.75, 3.05) is 25.6 Å². The number of fused-ring (bicyclic) bond motifs is 1. The fourth-order valence-corrected chi connectivity index (χ4v) is 3.11. The van der Waals surface area contributed by atoms with Gasteiger partial charge >= 0.3 is 5.97 Å². The van der Waals surface area contributed by atoms with Crippen molar-refractivity contribution in [1.29, 1.82) is 0 Å². The summed E-state index contributed by atoms with van der Waals surface area (Å²) in [6.07, 6.45) is 7.02. The molecule has 1 amide bonds. The van der Waals surface area contributed by atoms with Crippen LogP contribution >= 0.6 is 0 Å². The van der Waals surface area contributed by atoms with Gasteiger partial charge in [0, 0.05) is 30.9 Å². The van der Waals surface area contributed by atoms with Gasteiger partial charge in [0.2, 0.25) is 5.95 Å². The van der Waals surface area contributed by atoms with Gasteiger partial charge in [-0.1, -0.05) is 31.0 Å². The molecule has 1 atom stereocenters.